The van der Waals surface area contributed by atoms with Gasteiger partial charge in [0.1, 0.15) is 0 Å². The average Bonchev–Trinajstić information content (AvgIpc) is 2.93. The molecule has 1 aliphatic carbocycles. The molecule has 0 aromatic carbocycles. The summed E-state index contributed by atoms with van der Waals surface area (Å²) in [5.74, 6) is 1.13. The fourth-order valence-electron chi connectivity index (χ4n) is 7.17. The van der Waals surface area contributed by atoms with E-state index >= 15 is 0 Å². The van der Waals surface area contributed by atoms with Crippen molar-refractivity contribution in [3.05, 3.63) is 33.7 Å². The normalized spacial score (nSPS) is 32.0. The molecule has 2 atom stereocenters. The first-order valence-corrected chi connectivity index (χ1v) is 12.5. The van der Waals surface area contributed by atoms with E-state index in [2.05, 4.69) is 26.5 Å². The van der Waals surface area contributed by atoms with Gasteiger partial charge < -0.3 is 9.30 Å². The quantitative estimate of drug-likeness (QED) is 0.766. The second-order valence-corrected chi connectivity index (χ2v) is 11.0. The zero-order valence-electron chi connectivity index (χ0n) is 18.4. The maximum atomic E-state index is 13.4. The molecule has 1 aromatic rings. The molecule has 5 heterocycles. The van der Waals surface area contributed by atoms with Crippen LogP contribution >= 0.6 is 0 Å². The SMILES string of the molecule is O=c1c(CN2CCC3(CCCCCC3)C2)ccc2n1C[C@H]1C[C@@H]2CN(C2COC2)C1. The molecule has 5 nitrogen and oxygen atoms in total. The number of pyridine rings is 1. The maximum absolute atomic E-state index is 13.4. The van der Waals surface area contributed by atoms with E-state index in [1.807, 2.05) is 0 Å². The third-order valence-electron chi connectivity index (χ3n) is 8.92. The Morgan fingerprint density at radius 2 is 1.83 bits per heavy atom. The predicted octanol–water partition coefficient (Wildman–Crippen LogP) is 3.21. The van der Waals surface area contributed by atoms with Crippen molar-refractivity contribution < 1.29 is 4.74 Å². The van der Waals surface area contributed by atoms with Crippen LogP contribution in [0.1, 0.15) is 68.5 Å². The number of hydrogen-bond acceptors (Lipinski definition) is 4. The zero-order valence-corrected chi connectivity index (χ0v) is 18.4. The highest BCUT2D eigenvalue weighted by atomic mass is 16.5. The molecule has 1 spiro atoms. The summed E-state index contributed by atoms with van der Waals surface area (Å²) < 4.78 is 7.58. The van der Waals surface area contributed by atoms with Crippen molar-refractivity contribution in [3.8, 4) is 0 Å². The minimum atomic E-state index is 0.296. The monoisotopic (exact) mass is 411 g/mol. The summed E-state index contributed by atoms with van der Waals surface area (Å²) in [7, 11) is 0. The van der Waals surface area contributed by atoms with E-state index in [0.29, 0.717) is 28.9 Å². The highest BCUT2D eigenvalue weighted by molar-refractivity contribution is 5.23. The molecule has 30 heavy (non-hydrogen) atoms. The Hall–Kier alpha value is -1.17. The van der Waals surface area contributed by atoms with Crippen molar-refractivity contribution in [2.75, 3.05) is 39.4 Å². The minimum Gasteiger partial charge on any atom is -0.378 e. The van der Waals surface area contributed by atoms with Gasteiger partial charge in [-0.2, -0.15) is 0 Å². The molecule has 3 saturated heterocycles. The van der Waals surface area contributed by atoms with Crippen LogP contribution < -0.4 is 5.56 Å². The Labute approximate surface area is 180 Å². The smallest absolute Gasteiger partial charge is 0.255 e. The van der Waals surface area contributed by atoms with Crippen molar-refractivity contribution >= 4 is 0 Å². The van der Waals surface area contributed by atoms with Crippen LogP contribution in [0.2, 0.25) is 0 Å². The van der Waals surface area contributed by atoms with Crippen molar-refractivity contribution in [1.82, 2.24) is 14.4 Å². The molecule has 0 unspecified atom stereocenters. The number of hydrogen-bond donors (Lipinski definition) is 0. The zero-order chi connectivity index (χ0) is 20.1. The highest BCUT2D eigenvalue weighted by Gasteiger charge is 2.40. The van der Waals surface area contributed by atoms with Crippen molar-refractivity contribution in [2.45, 2.75) is 76.4 Å². The third kappa shape index (κ3) is 3.47. The van der Waals surface area contributed by atoms with E-state index in [4.69, 9.17) is 4.74 Å². The summed E-state index contributed by atoms with van der Waals surface area (Å²) in [4.78, 5) is 18.6. The highest BCUT2D eigenvalue weighted by Crippen LogP contribution is 2.43. The Balaban J connectivity index is 1.18. The predicted molar refractivity (Wildman–Crippen MR) is 118 cm³/mol. The standard InChI is InChI=1S/C25H37N3O2/c29-24-20(14-26-10-9-25(18-26)7-3-1-2-4-8-25)5-6-23-21-11-19(13-28(23)24)12-27(15-21)22-16-30-17-22/h5-6,19,21-22H,1-4,7-18H2/t19-,21+/m0/s1. The lowest BCUT2D eigenvalue weighted by molar-refractivity contribution is -0.0827. The van der Waals surface area contributed by atoms with Crippen molar-refractivity contribution in [3.63, 3.8) is 0 Å². The van der Waals surface area contributed by atoms with Crippen LogP contribution in [0.4, 0.5) is 0 Å². The van der Waals surface area contributed by atoms with Crippen LogP contribution in [0.5, 0.6) is 0 Å². The largest absolute Gasteiger partial charge is 0.378 e. The molecule has 2 bridgehead atoms. The fourth-order valence-corrected chi connectivity index (χ4v) is 7.17. The maximum Gasteiger partial charge on any atom is 0.255 e. The molecule has 164 valence electrons. The summed E-state index contributed by atoms with van der Waals surface area (Å²) in [5, 5.41) is 0. The van der Waals surface area contributed by atoms with Crippen LogP contribution in [-0.2, 0) is 17.8 Å². The molecular formula is C25H37N3O2. The topological polar surface area (TPSA) is 37.7 Å². The molecular weight excluding hydrogens is 374 g/mol. The summed E-state index contributed by atoms with van der Waals surface area (Å²) in [6.07, 6.45) is 11.0. The molecule has 1 saturated carbocycles. The lowest BCUT2D eigenvalue weighted by Crippen LogP contribution is -2.56. The van der Waals surface area contributed by atoms with Gasteiger partial charge in [0.2, 0.25) is 0 Å². The summed E-state index contributed by atoms with van der Waals surface area (Å²) >= 11 is 0. The number of piperidine rings is 1. The lowest BCUT2D eigenvalue weighted by Gasteiger charge is -2.47. The third-order valence-corrected chi connectivity index (χ3v) is 8.92. The van der Waals surface area contributed by atoms with E-state index in [1.54, 1.807) is 0 Å². The lowest BCUT2D eigenvalue weighted by atomic mass is 9.80. The van der Waals surface area contributed by atoms with Gasteiger partial charge in [0.05, 0.1) is 19.3 Å². The number of fused-ring (bicyclic) bond motifs is 4. The Morgan fingerprint density at radius 1 is 1.00 bits per heavy atom. The summed E-state index contributed by atoms with van der Waals surface area (Å²) in [6, 6.07) is 5.06. The van der Waals surface area contributed by atoms with Crippen LogP contribution in [0, 0.1) is 11.3 Å². The number of nitrogens with zero attached hydrogens (tertiary/aromatic N) is 3. The first-order chi connectivity index (χ1) is 14.7. The van der Waals surface area contributed by atoms with E-state index in [-0.39, 0.29) is 0 Å². The van der Waals surface area contributed by atoms with E-state index in [9.17, 15) is 4.79 Å². The van der Waals surface area contributed by atoms with E-state index < -0.39 is 0 Å². The molecule has 0 radical (unpaired) electrons. The molecule has 4 aliphatic heterocycles. The van der Waals surface area contributed by atoms with Crippen molar-refractivity contribution in [2.24, 2.45) is 11.3 Å². The van der Waals surface area contributed by atoms with E-state index in [1.165, 1.54) is 70.2 Å². The van der Waals surface area contributed by atoms with Gasteiger partial charge in [-0.25, -0.2) is 0 Å². The van der Waals surface area contributed by atoms with Gasteiger partial charge in [0.25, 0.3) is 5.56 Å². The molecule has 5 heteroatoms. The number of ether oxygens (including phenoxy) is 1. The molecule has 4 fully saturated rings. The van der Waals surface area contributed by atoms with Gasteiger partial charge in [-0.1, -0.05) is 31.7 Å². The minimum absolute atomic E-state index is 0.296. The summed E-state index contributed by atoms with van der Waals surface area (Å²) in [6.45, 7) is 8.15. The van der Waals surface area contributed by atoms with Gasteiger partial charge >= 0.3 is 0 Å². The number of rotatable bonds is 3. The molecule has 6 rings (SSSR count). The van der Waals surface area contributed by atoms with Crippen LogP contribution in [0.25, 0.3) is 0 Å². The molecule has 1 aromatic heterocycles. The molecule has 0 N–H and O–H groups in total. The summed E-state index contributed by atoms with van der Waals surface area (Å²) in [5.41, 5.74) is 3.15. The molecule has 0 amide bonds. The number of likely N-dealkylation sites (tertiary alicyclic amines) is 2. The number of aromatic nitrogens is 1. The van der Waals surface area contributed by atoms with E-state index in [0.717, 1.165) is 45.0 Å². The Bertz CT molecular complexity index is 837. The first-order valence-electron chi connectivity index (χ1n) is 12.5. The van der Waals surface area contributed by atoms with Crippen LogP contribution in [-0.4, -0.2) is 59.8 Å². The van der Waals surface area contributed by atoms with Gasteiger partial charge in [-0.15, -0.1) is 0 Å². The second kappa shape index (κ2) is 7.75. The van der Waals surface area contributed by atoms with Crippen LogP contribution in [0.15, 0.2) is 16.9 Å². The fraction of sp³-hybridized carbons (Fsp3) is 0.800. The average molecular weight is 412 g/mol. The Morgan fingerprint density at radius 3 is 2.60 bits per heavy atom. The Kier molecular flexibility index (Phi) is 5.04. The van der Waals surface area contributed by atoms with Gasteiger partial charge in [0.15, 0.2) is 0 Å². The first kappa shape index (κ1) is 19.5. The van der Waals surface area contributed by atoms with Gasteiger partial charge in [0, 0.05) is 49.9 Å². The second-order valence-electron chi connectivity index (χ2n) is 11.0. The van der Waals surface area contributed by atoms with Gasteiger partial charge in [-0.3, -0.25) is 14.6 Å². The van der Waals surface area contributed by atoms with Gasteiger partial charge in [-0.05, 0) is 49.6 Å². The molecule has 5 aliphatic rings. The van der Waals surface area contributed by atoms with Crippen molar-refractivity contribution in [1.29, 1.82) is 0 Å². The van der Waals surface area contributed by atoms with Crippen LogP contribution in [0.3, 0.4) is 0 Å².